The lowest BCUT2D eigenvalue weighted by molar-refractivity contribution is 0.370. The molecule has 0 spiro atoms. The minimum atomic E-state index is -3.18. The lowest BCUT2D eigenvalue weighted by atomic mass is 9.82. The smallest absolute Gasteiger partial charge is 0.296 e. The van der Waals surface area contributed by atoms with E-state index in [2.05, 4.69) is 14.7 Å². The van der Waals surface area contributed by atoms with Crippen molar-refractivity contribution in [1.29, 1.82) is 0 Å². The highest BCUT2D eigenvalue weighted by Gasteiger charge is 2.33. The highest BCUT2D eigenvalue weighted by Crippen LogP contribution is 2.38. The summed E-state index contributed by atoms with van der Waals surface area (Å²) in [6.45, 7) is 0. The second kappa shape index (κ2) is 5.14. The Balaban J connectivity index is 1.92. The lowest BCUT2D eigenvalue weighted by Crippen LogP contribution is -2.25. The van der Waals surface area contributed by atoms with Gasteiger partial charge in [0.25, 0.3) is 0 Å². The van der Waals surface area contributed by atoms with Crippen LogP contribution < -0.4 is 5.76 Å². The summed E-state index contributed by atoms with van der Waals surface area (Å²) >= 11 is 0. The zero-order chi connectivity index (χ0) is 15.0. The van der Waals surface area contributed by atoms with Crippen LogP contribution in [0.25, 0.3) is 0 Å². The Morgan fingerprint density at radius 2 is 2.14 bits per heavy atom. The van der Waals surface area contributed by atoms with Gasteiger partial charge >= 0.3 is 5.76 Å². The molecule has 1 aromatic carbocycles. The van der Waals surface area contributed by atoms with E-state index in [1.54, 1.807) is 0 Å². The molecule has 0 amide bonds. The molecule has 21 heavy (non-hydrogen) atoms. The van der Waals surface area contributed by atoms with E-state index in [1.165, 1.54) is 6.26 Å². The fraction of sp³-hybridized carbons (Fsp3) is 0.429. The zero-order valence-corrected chi connectivity index (χ0v) is 12.4. The van der Waals surface area contributed by atoms with Crippen LogP contribution in [0.3, 0.4) is 0 Å². The molecular formula is C14H16N2O4S. The summed E-state index contributed by atoms with van der Waals surface area (Å²) in [5.41, 5.74) is 1.94. The van der Waals surface area contributed by atoms with E-state index in [9.17, 15) is 13.2 Å². The molecule has 0 saturated heterocycles. The van der Waals surface area contributed by atoms with Gasteiger partial charge in [-0.2, -0.15) is 0 Å². The van der Waals surface area contributed by atoms with Crippen molar-refractivity contribution in [2.45, 2.75) is 24.5 Å². The SMILES string of the molecule is CS(=O)(=O)C1C[C@H](Cc2noc(=O)[nH]2)Cc2ccccc21. The maximum absolute atomic E-state index is 12.1. The highest BCUT2D eigenvalue weighted by atomic mass is 32.2. The van der Waals surface area contributed by atoms with Gasteiger partial charge in [-0.1, -0.05) is 29.4 Å². The number of hydrogen-bond donors (Lipinski definition) is 1. The maximum Gasteiger partial charge on any atom is 0.438 e. The Labute approximate surface area is 122 Å². The average molecular weight is 308 g/mol. The minimum absolute atomic E-state index is 0.111. The minimum Gasteiger partial charge on any atom is -0.296 e. The second-order valence-corrected chi connectivity index (χ2v) is 7.80. The van der Waals surface area contributed by atoms with Crippen LogP contribution >= 0.6 is 0 Å². The first-order chi connectivity index (χ1) is 9.93. The molecule has 3 rings (SSSR count). The van der Waals surface area contributed by atoms with Gasteiger partial charge in [0, 0.05) is 12.7 Å². The molecule has 2 aromatic rings. The fourth-order valence-electron chi connectivity index (χ4n) is 3.04. The summed E-state index contributed by atoms with van der Waals surface area (Å²) in [4.78, 5) is 13.5. The molecule has 1 unspecified atom stereocenters. The largest absolute Gasteiger partial charge is 0.438 e. The van der Waals surface area contributed by atoms with Crippen LogP contribution in [0.4, 0.5) is 0 Å². The highest BCUT2D eigenvalue weighted by molar-refractivity contribution is 7.90. The van der Waals surface area contributed by atoms with E-state index >= 15 is 0 Å². The van der Waals surface area contributed by atoms with E-state index in [0.29, 0.717) is 18.7 Å². The maximum atomic E-state index is 12.1. The van der Waals surface area contributed by atoms with Gasteiger partial charge in [-0.3, -0.25) is 9.51 Å². The average Bonchev–Trinajstić information content (AvgIpc) is 2.82. The Hall–Kier alpha value is -1.89. The molecule has 1 aliphatic rings. The number of fused-ring (bicyclic) bond motifs is 1. The van der Waals surface area contributed by atoms with Crippen molar-refractivity contribution >= 4 is 9.84 Å². The van der Waals surface area contributed by atoms with Crippen LogP contribution in [0.15, 0.2) is 33.6 Å². The van der Waals surface area contributed by atoms with Crippen molar-refractivity contribution in [3.8, 4) is 0 Å². The van der Waals surface area contributed by atoms with Crippen molar-refractivity contribution in [3.63, 3.8) is 0 Å². The number of aromatic nitrogens is 2. The molecule has 1 aromatic heterocycles. The molecular weight excluding hydrogens is 292 g/mol. The number of hydrogen-bond acceptors (Lipinski definition) is 5. The number of nitrogens with zero attached hydrogens (tertiary/aromatic N) is 1. The molecule has 7 heteroatoms. The van der Waals surface area contributed by atoms with Gasteiger partial charge in [-0.05, 0) is 29.9 Å². The van der Waals surface area contributed by atoms with Crippen LogP contribution in [-0.2, 0) is 22.7 Å². The Bertz CT molecular complexity index is 806. The predicted molar refractivity (Wildman–Crippen MR) is 76.7 cm³/mol. The Kier molecular flexibility index (Phi) is 3.44. The molecule has 0 saturated carbocycles. The summed E-state index contributed by atoms with van der Waals surface area (Å²) in [6.07, 6.45) is 3.09. The molecule has 1 heterocycles. The summed E-state index contributed by atoms with van der Waals surface area (Å²) in [7, 11) is -3.18. The second-order valence-electron chi connectivity index (χ2n) is 5.57. The molecule has 2 atom stereocenters. The molecule has 0 bridgehead atoms. The van der Waals surface area contributed by atoms with Crippen LogP contribution in [0.2, 0.25) is 0 Å². The standard InChI is InChI=1S/C14H16N2O4S/c1-21(18,19)12-7-9(8-13-15-14(17)20-16-13)6-10-4-2-3-5-11(10)12/h2-5,9,12H,6-8H2,1H3,(H,15,16,17)/t9-,12?/m1/s1. The van der Waals surface area contributed by atoms with Crippen LogP contribution in [0.1, 0.15) is 28.6 Å². The topological polar surface area (TPSA) is 93.0 Å². The van der Waals surface area contributed by atoms with E-state index in [4.69, 9.17) is 0 Å². The number of H-pyrrole nitrogens is 1. The van der Waals surface area contributed by atoms with E-state index in [1.807, 2.05) is 24.3 Å². The molecule has 0 fully saturated rings. The molecule has 0 aliphatic heterocycles. The predicted octanol–water partition coefficient (Wildman–Crippen LogP) is 1.25. The van der Waals surface area contributed by atoms with Crippen molar-refractivity contribution in [2.75, 3.05) is 6.26 Å². The van der Waals surface area contributed by atoms with Gasteiger partial charge in [0.15, 0.2) is 15.7 Å². The monoisotopic (exact) mass is 308 g/mol. The first-order valence-electron chi connectivity index (χ1n) is 6.75. The third kappa shape index (κ3) is 2.92. The zero-order valence-electron chi connectivity index (χ0n) is 11.6. The van der Waals surface area contributed by atoms with Crippen LogP contribution in [0.5, 0.6) is 0 Å². The van der Waals surface area contributed by atoms with Gasteiger partial charge in [0.05, 0.1) is 5.25 Å². The third-order valence-electron chi connectivity index (χ3n) is 3.94. The van der Waals surface area contributed by atoms with Crippen LogP contribution in [-0.4, -0.2) is 24.8 Å². The Morgan fingerprint density at radius 3 is 2.81 bits per heavy atom. The van der Waals surface area contributed by atoms with Gasteiger partial charge in [-0.25, -0.2) is 13.2 Å². The van der Waals surface area contributed by atoms with Gasteiger partial charge in [0.2, 0.25) is 0 Å². The fourth-order valence-corrected chi connectivity index (χ4v) is 4.35. The molecule has 1 aliphatic carbocycles. The van der Waals surface area contributed by atoms with Gasteiger partial charge in [0.1, 0.15) is 0 Å². The molecule has 112 valence electrons. The van der Waals surface area contributed by atoms with Crippen molar-refractivity contribution in [2.24, 2.45) is 5.92 Å². The van der Waals surface area contributed by atoms with Crippen molar-refractivity contribution in [1.82, 2.24) is 10.1 Å². The Morgan fingerprint density at radius 1 is 1.38 bits per heavy atom. The number of sulfone groups is 1. The van der Waals surface area contributed by atoms with E-state index in [0.717, 1.165) is 17.5 Å². The first kappa shape index (κ1) is 14.1. The normalized spacial score (nSPS) is 22.0. The van der Waals surface area contributed by atoms with E-state index in [-0.39, 0.29) is 5.92 Å². The molecule has 0 radical (unpaired) electrons. The molecule has 1 N–H and O–H groups in total. The number of rotatable bonds is 3. The summed E-state index contributed by atoms with van der Waals surface area (Å²) in [5.74, 6) is -0.00196. The summed E-state index contributed by atoms with van der Waals surface area (Å²) in [5, 5.41) is 3.17. The van der Waals surface area contributed by atoms with Crippen molar-refractivity contribution < 1.29 is 12.9 Å². The summed E-state index contributed by atoms with van der Waals surface area (Å²) < 4.78 is 28.6. The number of aromatic amines is 1. The van der Waals surface area contributed by atoms with Crippen molar-refractivity contribution in [3.05, 3.63) is 51.8 Å². The number of nitrogens with one attached hydrogen (secondary N) is 1. The van der Waals surface area contributed by atoms with Gasteiger partial charge in [-0.15, -0.1) is 0 Å². The van der Waals surface area contributed by atoms with E-state index < -0.39 is 20.8 Å². The number of benzene rings is 1. The molecule has 6 nitrogen and oxygen atoms in total. The summed E-state index contributed by atoms with van der Waals surface area (Å²) in [6, 6.07) is 7.63. The van der Waals surface area contributed by atoms with Crippen LogP contribution in [0, 0.1) is 5.92 Å². The van der Waals surface area contributed by atoms with Gasteiger partial charge < -0.3 is 0 Å². The quantitative estimate of drug-likeness (QED) is 0.921. The lowest BCUT2D eigenvalue weighted by Gasteiger charge is -2.30. The third-order valence-corrected chi connectivity index (χ3v) is 5.42. The first-order valence-corrected chi connectivity index (χ1v) is 8.70.